The summed E-state index contributed by atoms with van der Waals surface area (Å²) in [6, 6.07) is 0.757. The van der Waals surface area contributed by atoms with Crippen molar-refractivity contribution < 1.29 is 4.74 Å². The van der Waals surface area contributed by atoms with Crippen molar-refractivity contribution in [1.82, 2.24) is 10.2 Å². The van der Waals surface area contributed by atoms with E-state index in [1.807, 2.05) is 7.11 Å². The Hall–Kier alpha value is -0.120. The van der Waals surface area contributed by atoms with Crippen LogP contribution in [0.25, 0.3) is 0 Å². The number of methoxy groups -OCH3 is 1. The van der Waals surface area contributed by atoms with E-state index in [9.17, 15) is 0 Å². The summed E-state index contributed by atoms with van der Waals surface area (Å²) in [6.45, 7) is 12.6. The van der Waals surface area contributed by atoms with Gasteiger partial charge >= 0.3 is 0 Å². The minimum absolute atomic E-state index is 0.00158. The molecule has 1 saturated heterocycles. The van der Waals surface area contributed by atoms with Crippen molar-refractivity contribution in [2.24, 2.45) is 5.92 Å². The van der Waals surface area contributed by atoms with E-state index in [-0.39, 0.29) is 5.60 Å². The zero-order valence-corrected chi connectivity index (χ0v) is 13.5. The number of nitrogens with zero attached hydrogens (tertiary/aromatic N) is 1. The number of hydrogen-bond donors (Lipinski definition) is 1. The summed E-state index contributed by atoms with van der Waals surface area (Å²) < 4.78 is 5.58. The molecule has 0 bridgehead atoms. The van der Waals surface area contributed by atoms with Crippen LogP contribution >= 0.6 is 0 Å². The Labute approximate surface area is 119 Å². The molecule has 3 heteroatoms. The lowest BCUT2D eigenvalue weighted by Gasteiger charge is -2.47. The SMILES string of the molecule is CCC1(C)CN(CCC(C)(C)OC)C(C2CC2)CN1. The zero-order valence-electron chi connectivity index (χ0n) is 13.5. The van der Waals surface area contributed by atoms with Crippen molar-refractivity contribution >= 4 is 0 Å². The van der Waals surface area contributed by atoms with E-state index in [1.54, 1.807) is 0 Å². The molecule has 2 rings (SSSR count). The second-order valence-electron chi connectivity index (χ2n) is 7.38. The average molecular weight is 268 g/mol. The fourth-order valence-corrected chi connectivity index (χ4v) is 3.04. The maximum absolute atomic E-state index is 5.58. The first kappa shape index (κ1) is 15.3. The van der Waals surface area contributed by atoms with Gasteiger partial charge < -0.3 is 10.1 Å². The minimum atomic E-state index is 0.00158. The van der Waals surface area contributed by atoms with Gasteiger partial charge in [-0.3, -0.25) is 4.90 Å². The predicted molar refractivity (Wildman–Crippen MR) is 80.5 cm³/mol. The number of piperazine rings is 1. The Kier molecular flexibility index (Phi) is 4.59. The Morgan fingerprint density at radius 2 is 2.05 bits per heavy atom. The lowest BCUT2D eigenvalue weighted by Crippen LogP contribution is -2.63. The number of rotatable bonds is 6. The molecule has 19 heavy (non-hydrogen) atoms. The molecule has 2 aliphatic rings. The molecular weight excluding hydrogens is 236 g/mol. The summed E-state index contributed by atoms with van der Waals surface area (Å²) in [6.07, 6.45) is 5.18. The van der Waals surface area contributed by atoms with Gasteiger partial charge in [-0.15, -0.1) is 0 Å². The first-order chi connectivity index (χ1) is 8.89. The molecule has 1 aliphatic heterocycles. The molecule has 0 amide bonds. The highest BCUT2D eigenvalue weighted by molar-refractivity contribution is 5.00. The molecule has 1 aliphatic carbocycles. The van der Waals surface area contributed by atoms with Crippen LogP contribution in [-0.2, 0) is 4.74 Å². The van der Waals surface area contributed by atoms with E-state index in [4.69, 9.17) is 4.74 Å². The minimum Gasteiger partial charge on any atom is -0.379 e. The smallest absolute Gasteiger partial charge is 0.0634 e. The topological polar surface area (TPSA) is 24.5 Å². The number of ether oxygens (including phenoxy) is 1. The van der Waals surface area contributed by atoms with Gasteiger partial charge in [0.15, 0.2) is 0 Å². The normalized spacial score (nSPS) is 33.6. The summed E-state index contributed by atoms with van der Waals surface area (Å²) >= 11 is 0. The molecule has 112 valence electrons. The van der Waals surface area contributed by atoms with Crippen molar-refractivity contribution in [3.05, 3.63) is 0 Å². The molecule has 3 nitrogen and oxygen atoms in total. The Morgan fingerprint density at radius 3 is 2.58 bits per heavy atom. The van der Waals surface area contributed by atoms with Gasteiger partial charge in [0.05, 0.1) is 5.60 Å². The van der Waals surface area contributed by atoms with Crippen LogP contribution < -0.4 is 5.32 Å². The molecule has 2 unspecified atom stereocenters. The maximum Gasteiger partial charge on any atom is 0.0634 e. The van der Waals surface area contributed by atoms with Crippen LogP contribution in [0.2, 0.25) is 0 Å². The van der Waals surface area contributed by atoms with Crippen molar-refractivity contribution in [2.45, 2.75) is 70.6 Å². The summed E-state index contributed by atoms with van der Waals surface area (Å²) in [5.41, 5.74) is 0.296. The quantitative estimate of drug-likeness (QED) is 0.801. The van der Waals surface area contributed by atoms with Crippen molar-refractivity contribution in [3.63, 3.8) is 0 Å². The molecule has 1 N–H and O–H groups in total. The molecule has 1 saturated carbocycles. The standard InChI is InChI=1S/C16H32N2O/c1-6-16(4)12-18(10-9-15(2,3)19-5)14(11-17-16)13-7-8-13/h13-14,17H,6-12H2,1-5H3. The van der Waals surface area contributed by atoms with Crippen LogP contribution in [0.4, 0.5) is 0 Å². The van der Waals surface area contributed by atoms with Gasteiger partial charge in [-0.1, -0.05) is 6.92 Å². The van der Waals surface area contributed by atoms with Crippen LogP contribution in [0.1, 0.15) is 53.4 Å². The van der Waals surface area contributed by atoms with E-state index < -0.39 is 0 Å². The molecule has 0 spiro atoms. The third-order valence-electron chi connectivity index (χ3n) is 5.26. The van der Waals surface area contributed by atoms with Crippen molar-refractivity contribution in [1.29, 1.82) is 0 Å². The molecule has 0 aromatic carbocycles. The first-order valence-corrected chi connectivity index (χ1v) is 7.93. The fraction of sp³-hybridized carbons (Fsp3) is 1.00. The lowest BCUT2D eigenvalue weighted by atomic mass is 9.91. The maximum atomic E-state index is 5.58. The summed E-state index contributed by atoms with van der Waals surface area (Å²) in [5.74, 6) is 0.944. The zero-order chi connectivity index (χ0) is 14.1. The number of nitrogens with one attached hydrogen (secondary N) is 1. The highest BCUT2D eigenvalue weighted by Crippen LogP contribution is 2.38. The van der Waals surface area contributed by atoms with Crippen molar-refractivity contribution in [3.8, 4) is 0 Å². The first-order valence-electron chi connectivity index (χ1n) is 7.93. The van der Waals surface area contributed by atoms with Gasteiger partial charge in [0, 0.05) is 38.3 Å². The van der Waals surface area contributed by atoms with Crippen LogP contribution in [0, 0.1) is 5.92 Å². The lowest BCUT2D eigenvalue weighted by molar-refractivity contribution is -0.00734. The summed E-state index contributed by atoms with van der Waals surface area (Å²) in [7, 11) is 1.83. The molecule has 1 heterocycles. The Morgan fingerprint density at radius 1 is 1.37 bits per heavy atom. The summed E-state index contributed by atoms with van der Waals surface area (Å²) in [5, 5.41) is 3.78. The highest BCUT2D eigenvalue weighted by atomic mass is 16.5. The van der Waals surface area contributed by atoms with E-state index in [1.165, 1.54) is 38.9 Å². The van der Waals surface area contributed by atoms with Gasteiger partial charge in [-0.05, 0) is 52.4 Å². The largest absolute Gasteiger partial charge is 0.379 e. The van der Waals surface area contributed by atoms with Gasteiger partial charge in [0.1, 0.15) is 0 Å². The molecule has 0 radical (unpaired) electrons. The van der Waals surface area contributed by atoms with E-state index >= 15 is 0 Å². The van der Waals surface area contributed by atoms with Crippen LogP contribution in [-0.4, -0.2) is 48.8 Å². The van der Waals surface area contributed by atoms with Crippen LogP contribution in [0.3, 0.4) is 0 Å². The predicted octanol–water partition coefficient (Wildman–Crippen LogP) is 2.65. The molecule has 0 aromatic rings. The summed E-state index contributed by atoms with van der Waals surface area (Å²) in [4.78, 5) is 2.73. The third-order valence-corrected chi connectivity index (χ3v) is 5.26. The fourth-order valence-electron chi connectivity index (χ4n) is 3.04. The average Bonchev–Trinajstić information content (AvgIpc) is 3.21. The molecular formula is C16H32N2O. The number of hydrogen-bond acceptors (Lipinski definition) is 3. The van der Waals surface area contributed by atoms with Crippen LogP contribution in [0.5, 0.6) is 0 Å². The van der Waals surface area contributed by atoms with Crippen molar-refractivity contribution in [2.75, 3.05) is 26.7 Å². The molecule has 0 aromatic heterocycles. The van der Waals surface area contributed by atoms with Gasteiger partial charge in [-0.2, -0.15) is 0 Å². The van der Waals surface area contributed by atoms with E-state index in [0.29, 0.717) is 5.54 Å². The van der Waals surface area contributed by atoms with E-state index in [2.05, 4.69) is 37.9 Å². The van der Waals surface area contributed by atoms with Gasteiger partial charge in [0.2, 0.25) is 0 Å². The van der Waals surface area contributed by atoms with Crippen LogP contribution in [0.15, 0.2) is 0 Å². The Balaban J connectivity index is 1.95. The van der Waals surface area contributed by atoms with Gasteiger partial charge in [-0.25, -0.2) is 0 Å². The third kappa shape index (κ3) is 3.93. The Bertz CT molecular complexity index is 301. The highest BCUT2D eigenvalue weighted by Gasteiger charge is 2.42. The molecule has 2 atom stereocenters. The second kappa shape index (κ2) is 5.71. The molecule has 2 fully saturated rings. The monoisotopic (exact) mass is 268 g/mol. The second-order valence-corrected chi connectivity index (χ2v) is 7.38. The van der Waals surface area contributed by atoms with E-state index in [0.717, 1.165) is 18.4 Å². The van der Waals surface area contributed by atoms with Gasteiger partial charge in [0.25, 0.3) is 0 Å².